The van der Waals surface area contributed by atoms with Crippen LogP contribution in [0.3, 0.4) is 0 Å². The van der Waals surface area contributed by atoms with Gasteiger partial charge in [-0.1, -0.05) is 19.1 Å². The van der Waals surface area contributed by atoms with E-state index < -0.39 is 11.9 Å². The number of phenolic OH excluding ortho intramolecular Hbond substituents is 1. The topological polar surface area (TPSA) is 116 Å². The Bertz CT molecular complexity index is 1400. The van der Waals surface area contributed by atoms with Gasteiger partial charge >= 0.3 is 5.97 Å². The zero-order valence-electron chi connectivity index (χ0n) is 18.1. The maximum Gasteiger partial charge on any atom is 0.326 e. The normalized spacial score (nSPS) is 15.7. The molecule has 0 radical (unpaired) electrons. The molecule has 0 unspecified atom stereocenters. The highest BCUT2D eigenvalue weighted by Gasteiger charge is 2.25. The quantitative estimate of drug-likeness (QED) is 0.348. The summed E-state index contributed by atoms with van der Waals surface area (Å²) >= 11 is 0. The molecule has 9 heteroatoms. The number of hydrogen-bond acceptors (Lipinski definition) is 6. The number of methoxy groups -OCH3 is 1. The first-order chi connectivity index (χ1) is 16.0. The van der Waals surface area contributed by atoms with Crippen molar-refractivity contribution < 1.29 is 19.0 Å². The van der Waals surface area contributed by atoms with Gasteiger partial charge in [-0.2, -0.15) is 5.10 Å². The molecule has 1 atom stereocenters. The second-order valence-corrected chi connectivity index (χ2v) is 7.84. The number of aromatic hydroxyl groups is 1. The number of rotatable bonds is 5. The average Bonchev–Trinajstić information content (AvgIpc) is 3.57. The molecule has 1 aliphatic heterocycles. The lowest BCUT2D eigenvalue weighted by molar-refractivity contribution is -0.141. The fraction of sp³-hybridized carbons (Fsp3) is 0.208. The van der Waals surface area contributed by atoms with Gasteiger partial charge in [0.25, 0.3) is 0 Å². The van der Waals surface area contributed by atoms with E-state index in [4.69, 9.17) is 4.74 Å². The van der Waals surface area contributed by atoms with Crippen LogP contribution in [0.15, 0.2) is 42.6 Å². The molecule has 3 heterocycles. The fourth-order valence-electron chi connectivity index (χ4n) is 4.19. The Labute approximate surface area is 188 Å². The number of ether oxygens (including phenoxy) is 1. The Hall–Kier alpha value is -3.98. The number of halogens is 1. The van der Waals surface area contributed by atoms with Crippen molar-refractivity contribution in [2.75, 3.05) is 13.7 Å². The summed E-state index contributed by atoms with van der Waals surface area (Å²) < 4.78 is 20.2. The van der Waals surface area contributed by atoms with Gasteiger partial charge in [-0.3, -0.25) is 15.2 Å². The summed E-state index contributed by atoms with van der Waals surface area (Å²) in [7, 11) is 1.35. The maximum atomic E-state index is 15.5. The lowest BCUT2D eigenvalue weighted by Gasteiger charge is -2.10. The van der Waals surface area contributed by atoms with Gasteiger partial charge < -0.3 is 14.8 Å². The Kier molecular flexibility index (Phi) is 5.18. The molecule has 0 fully saturated rings. The van der Waals surface area contributed by atoms with Crippen LogP contribution in [-0.4, -0.2) is 50.9 Å². The number of hydrogen-bond donors (Lipinski definition) is 4. The van der Waals surface area contributed by atoms with Crippen molar-refractivity contribution in [1.29, 1.82) is 0 Å². The van der Waals surface area contributed by atoms with Crippen LogP contribution in [0.1, 0.15) is 18.2 Å². The van der Waals surface area contributed by atoms with Crippen molar-refractivity contribution in [3.05, 3.63) is 59.7 Å². The Morgan fingerprint density at radius 1 is 1.27 bits per heavy atom. The molecule has 5 rings (SSSR count). The first kappa shape index (κ1) is 20.9. The molecule has 0 saturated heterocycles. The van der Waals surface area contributed by atoms with Gasteiger partial charge in [0.15, 0.2) is 11.6 Å². The summed E-state index contributed by atoms with van der Waals surface area (Å²) in [5, 5.41) is 20.5. The Morgan fingerprint density at radius 3 is 2.88 bits per heavy atom. The third-order valence-corrected chi connectivity index (χ3v) is 5.92. The van der Waals surface area contributed by atoms with E-state index in [0.717, 1.165) is 22.4 Å². The van der Waals surface area contributed by atoms with Gasteiger partial charge in [0.1, 0.15) is 23.0 Å². The van der Waals surface area contributed by atoms with Gasteiger partial charge in [0, 0.05) is 17.5 Å². The minimum atomic E-state index is -0.495. The molecule has 1 aliphatic rings. The molecule has 0 aliphatic carbocycles. The minimum absolute atomic E-state index is 0.151. The smallest absolute Gasteiger partial charge is 0.326 e. The number of aromatic nitrogens is 4. The highest BCUT2D eigenvalue weighted by atomic mass is 19.1. The van der Waals surface area contributed by atoms with Gasteiger partial charge in [-0.15, -0.1) is 0 Å². The highest BCUT2D eigenvalue weighted by molar-refractivity contribution is 5.95. The summed E-state index contributed by atoms with van der Waals surface area (Å²) in [6.45, 7) is 2.45. The number of aromatic amines is 2. The van der Waals surface area contributed by atoms with Crippen LogP contribution >= 0.6 is 0 Å². The Balaban J connectivity index is 1.51. The number of esters is 1. The van der Waals surface area contributed by atoms with Crippen LogP contribution in [0.4, 0.5) is 4.39 Å². The van der Waals surface area contributed by atoms with E-state index in [-0.39, 0.29) is 17.2 Å². The van der Waals surface area contributed by atoms with Crippen molar-refractivity contribution in [3.8, 4) is 28.4 Å². The number of carbonyl (C=O) groups is 1. The SMILES string of the molecule is CCc1cc(O)ccc1-c1ccc2c(-c3ncc(C4=C[C@H](C(=O)OC)NC4)[nH]3)[nH]nc2c1F. The number of phenols is 1. The van der Waals surface area contributed by atoms with Crippen LogP contribution in [0.25, 0.3) is 39.1 Å². The first-order valence-corrected chi connectivity index (χ1v) is 10.6. The van der Waals surface area contributed by atoms with Gasteiger partial charge in [-0.05, 0) is 47.4 Å². The number of benzene rings is 2. The molecule has 4 aromatic rings. The summed E-state index contributed by atoms with van der Waals surface area (Å²) in [6.07, 6.45) is 4.12. The van der Waals surface area contributed by atoms with Gasteiger partial charge in [0.05, 0.1) is 19.0 Å². The number of nitrogens with zero attached hydrogens (tertiary/aromatic N) is 2. The van der Waals surface area contributed by atoms with Crippen LogP contribution in [0.2, 0.25) is 0 Å². The van der Waals surface area contributed by atoms with Crippen molar-refractivity contribution in [1.82, 2.24) is 25.5 Å². The Morgan fingerprint density at radius 2 is 2.09 bits per heavy atom. The number of aryl methyl sites for hydroxylation is 1. The molecular weight excluding hydrogens is 425 g/mol. The molecule has 33 heavy (non-hydrogen) atoms. The number of fused-ring (bicyclic) bond motifs is 1. The van der Waals surface area contributed by atoms with E-state index in [1.165, 1.54) is 7.11 Å². The third kappa shape index (κ3) is 3.56. The van der Waals surface area contributed by atoms with Crippen LogP contribution < -0.4 is 5.32 Å². The zero-order chi connectivity index (χ0) is 23.1. The largest absolute Gasteiger partial charge is 0.508 e. The summed E-state index contributed by atoms with van der Waals surface area (Å²) in [4.78, 5) is 19.4. The standard InChI is InChI=1S/C24H22FN5O3/c1-3-12-8-14(31)4-5-15(12)16-6-7-17-21(20(16)25)29-30-22(17)23-27-11-19(28-23)13-9-18(26-10-13)24(32)33-2/h4-9,11,18,26,31H,3,10H2,1-2H3,(H,27,28)(H,29,30)/t18-/m1/s1. The zero-order valence-corrected chi connectivity index (χ0v) is 18.1. The van der Waals surface area contributed by atoms with Crippen molar-refractivity contribution in [2.45, 2.75) is 19.4 Å². The molecule has 2 aromatic heterocycles. The van der Waals surface area contributed by atoms with E-state index in [9.17, 15) is 9.90 Å². The molecule has 168 valence electrons. The molecule has 2 aromatic carbocycles. The number of H-pyrrole nitrogens is 2. The summed E-state index contributed by atoms with van der Waals surface area (Å²) in [5.41, 5.74) is 4.42. The molecule has 0 saturated carbocycles. The second kappa shape index (κ2) is 8.18. The van der Waals surface area contributed by atoms with E-state index >= 15 is 4.39 Å². The van der Waals surface area contributed by atoms with Gasteiger partial charge in [-0.25, -0.2) is 9.37 Å². The molecule has 8 nitrogen and oxygen atoms in total. The van der Waals surface area contributed by atoms with E-state index in [1.54, 1.807) is 36.5 Å². The van der Waals surface area contributed by atoms with Crippen LogP contribution in [0, 0.1) is 5.82 Å². The van der Waals surface area contributed by atoms with E-state index in [0.29, 0.717) is 35.4 Å². The average molecular weight is 447 g/mol. The fourth-order valence-corrected chi connectivity index (χ4v) is 4.19. The monoisotopic (exact) mass is 447 g/mol. The lowest BCUT2D eigenvalue weighted by Crippen LogP contribution is -2.31. The number of carbonyl (C=O) groups excluding carboxylic acids is 1. The summed E-state index contributed by atoms with van der Waals surface area (Å²) in [6, 6.07) is 7.95. The molecule has 4 N–H and O–H groups in total. The third-order valence-electron chi connectivity index (χ3n) is 5.92. The second-order valence-electron chi connectivity index (χ2n) is 7.84. The molecule has 0 spiro atoms. The van der Waals surface area contributed by atoms with Crippen molar-refractivity contribution in [2.24, 2.45) is 0 Å². The predicted octanol–water partition coefficient (Wildman–Crippen LogP) is 3.56. The molecule has 0 bridgehead atoms. The van der Waals surface area contributed by atoms with E-state index in [1.807, 2.05) is 13.0 Å². The van der Waals surface area contributed by atoms with Crippen molar-refractivity contribution in [3.63, 3.8) is 0 Å². The summed E-state index contributed by atoms with van der Waals surface area (Å²) in [5.74, 6) is -0.125. The number of imidazole rings is 1. The van der Waals surface area contributed by atoms with Crippen molar-refractivity contribution >= 4 is 22.4 Å². The lowest BCUT2D eigenvalue weighted by atomic mass is 9.96. The highest BCUT2D eigenvalue weighted by Crippen LogP contribution is 2.35. The van der Waals surface area contributed by atoms with Crippen LogP contribution in [0.5, 0.6) is 5.75 Å². The van der Waals surface area contributed by atoms with Gasteiger partial charge in [0.2, 0.25) is 0 Å². The molecule has 0 amide bonds. The predicted molar refractivity (Wildman–Crippen MR) is 122 cm³/mol. The molecular formula is C24H22FN5O3. The maximum absolute atomic E-state index is 15.5. The minimum Gasteiger partial charge on any atom is -0.508 e. The first-order valence-electron chi connectivity index (χ1n) is 10.6. The van der Waals surface area contributed by atoms with E-state index in [2.05, 4.69) is 25.5 Å². The number of nitrogens with one attached hydrogen (secondary N) is 3. The van der Waals surface area contributed by atoms with Crippen LogP contribution in [-0.2, 0) is 16.0 Å².